The fraction of sp³-hybridized carbons (Fsp3) is 0.167. The van der Waals surface area contributed by atoms with Crippen LogP contribution >= 0.6 is 0 Å². The zero-order valence-electron chi connectivity index (χ0n) is 17.2. The third-order valence-electron chi connectivity index (χ3n) is 4.64. The number of hydrogen-bond acceptors (Lipinski definition) is 3. The first-order valence-electron chi connectivity index (χ1n) is 9.83. The highest BCUT2D eigenvalue weighted by molar-refractivity contribution is 6.01. The van der Waals surface area contributed by atoms with Crippen molar-refractivity contribution in [3.8, 4) is 0 Å². The monoisotopic (exact) mass is 423 g/mol. The van der Waals surface area contributed by atoms with E-state index < -0.39 is 35.1 Å². The summed E-state index contributed by atoms with van der Waals surface area (Å²) in [7, 11) is 0. The average Bonchev–Trinajstić information content (AvgIpc) is 2.74. The average molecular weight is 423 g/mol. The Morgan fingerprint density at radius 1 is 0.742 bits per heavy atom. The quantitative estimate of drug-likeness (QED) is 0.495. The van der Waals surface area contributed by atoms with E-state index in [0.29, 0.717) is 5.69 Å². The maximum Gasteiger partial charge on any atom is 0.257 e. The van der Waals surface area contributed by atoms with Crippen LogP contribution in [0.1, 0.15) is 24.2 Å². The Balaban J connectivity index is 1.67. The van der Waals surface area contributed by atoms with Crippen molar-refractivity contribution in [2.45, 2.75) is 19.9 Å². The number of hydrogen-bond donors (Lipinski definition) is 3. The van der Waals surface area contributed by atoms with E-state index in [2.05, 4.69) is 16.0 Å². The second kappa shape index (κ2) is 9.84. The standard InChI is InChI=1S/C24H23F2N3O2/c1-15(2)22(29-23(30)21-19(25)9-6-10-20(21)26)24(31)28-18-13-11-17(12-14-18)27-16-7-4-3-5-8-16/h3-15,22,27H,1-2H3,(H,28,31)(H,29,30). The number of amides is 2. The van der Waals surface area contributed by atoms with Crippen molar-refractivity contribution in [1.82, 2.24) is 5.32 Å². The number of carbonyl (C=O) groups is 2. The lowest BCUT2D eigenvalue weighted by molar-refractivity contribution is -0.118. The molecular formula is C24H23F2N3O2. The largest absolute Gasteiger partial charge is 0.356 e. The Labute approximate surface area is 179 Å². The van der Waals surface area contributed by atoms with Gasteiger partial charge in [-0.3, -0.25) is 9.59 Å². The first kappa shape index (κ1) is 22.0. The summed E-state index contributed by atoms with van der Waals surface area (Å²) in [5, 5.41) is 8.41. The van der Waals surface area contributed by atoms with Gasteiger partial charge in [0.2, 0.25) is 5.91 Å². The van der Waals surface area contributed by atoms with Crippen molar-refractivity contribution in [3.63, 3.8) is 0 Å². The molecule has 0 fully saturated rings. The summed E-state index contributed by atoms with van der Waals surface area (Å²) in [6.07, 6.45) is 0. The summed E-state index contributed by atoms with van der Waals surface area (Å²) >= 11 is 0. The van der Waals surface area contributed by atoms with Crippen LogP contribution in [-0.2, 0) is 4.79 Å². The van der Waals surface area contributed by atoms with Crippen molar-refractivity contribution in [2.75, 3.05) is 10.6 Å². The van der Waals surface area contributed by atoms with E-state index in [1.54, 1.807) is 38.1 Å². The SMILES string of the molecule is CC(C)C(NC(=O)c1c(F)cccc1F)C(=O)Nc1ccc(Nc2ccccc2)cc1. The van der Waals surface area contributed by atoms with E-state index >= 15 is 0 Å². The predicted molar refractivity (Wildman–Crippen MR) is 117 cm³/mol. The molecule has 1 atom stereocenters. The molecule has 0 bridgehead atoms. The number of rotatable bonds is 7. The van der Waals surface area contributed by atoms with Gasteiger partial charge in [0.15, 0.2) is 0 Å². The molecule has 31 heavy (non-hydrogen) atoms. The lowest BCUT2D eigenvalue weighted by atomic mass is 10.0. The first-order chi connectivity index (χ1) is 14.8. The van der Waals surface area contributed by atoms with E-state index in [0.717, 1.165) is 23.5 Å². The van der Waals surface area contributed by atoms with Gasteiger partial charge < -0.3 is 16.0 Å². The van der Waals surface area contributed by atoms with Crippen LogP contribution in [0.3, 0.4) is 0 Å². The van der Waals surface area contributed by atoms with Crippen LogP contribution in [0.2, 0.25) is 0 Å². The molecule has 0 spiro atoms. The van der Waals surface area contributed by atoms with Crippen LogP contribution in [-0.4, -0.2) is 17.9 Å². The molecule has 1 unspecified atom stereocenters. The Morgan fingerprint density at radius 3 is 1.87 bits per heavy atom. The number of benzene rings is 3. The summed E-state index contributed by atoms with van der Waals surface area (Å²) in [4.78, 5) is 25.1. The highest BCUT2D eigenvalue weighted by atomic mass is 19.1. The van der Waals surface area contributed by atoms with Crippen molar-refractivity contribution in [1.29, 1.82) is 0 Å². The molecule has 3 N–H and O–H groups in total. The van der Waals surface area contributed by atoms with Gasteiger partial charge in [-0.05, 0) is 54.4 Å². The number of carbonyl (C=O) groups excluding carboxylic acids is 2. The molecule has 0 aliphatic heterocycles. The molecule has 2 amide bonds. The maximum atomic E-state index is 13.9. The predicted octanol–water partition coefficient (Wildman–Crippen LogP) is 5.10. The Bertz CT molecular complexity index is 1030. The van der Waals surface area contributed by atoms with Crippen molar-refractivity contribution in [2.24, 2.45) is 5.92 Å². The minimum absolute atomic E-state index is 0.308. The Morgan fingerprint density at radius 2 is 1.29 bits per heavy atom. The zero-order chi connectivity index (χ0) is 22.4. The smallest absolute Gasteiger partial charge is 0.257 e. The third-order valence-corrected chi connectivity index (χ3v) is 4.64. The van der Waals surface area contributed by atoms with Gasteiger partial charge in [0.05, 0.1) is 0 Å². The number of halogens is 2. The molecule has 7 heteroatoms. The number of para-hydroxylation sites is 1. The second-order valence-electron chi connectivity index (χ2n) is 7.35. The van der Waals surface area contributed by atoms with Gasteiger partial charge in [-0.15, -0.1) is 0 Å². The lowest BCUT2D eigenvalue weighted by Crippen LogP contribution is -2.47. The van der Waals surface area contributed by atoms with Crippen molar-refractivity contribution in [3.05, 3.63) is 90.0 Å². The molecule has 3 rings (SSSR count). The van der Waals surface area contributed by atoms with E-state index in [4.69, 9.17) is 0 Å². The first-order valence-corrected chi connectivity index (χ1v) is 9.83. The molecule has 3 aromatic rings. The summed E-state index contributed by atoms with van der Waals surface area (Å²) in [5.41, 5.74) is 1.59. The lowest BCUT2D eigenvalue weighted by Gasteiger charge is -2.22. The van der Waals surface area contributed by atoms with Crippen molar-refractivity contribution < 1.29 is 18.4 Å². The molecule has 0 radical (unpaired) electrons. The van der Waals surface area contributed by atoms with Crippen LogP contribution in [0.5, 0.6) is 0 Å². The fourth-order valence-corrected chi connectivity index (χ4v) is 3.01. The molecule has 160 valence electrons. The highest BCUT2D eigenvalue weighted by Gasteiger charge is 2.27. The van der Waals surface area contributed by atoms with Crippen LogP contribution in [0.25, 0.3) is 0 Å². The van der Waals surface area contributed by atoms with Gasteiger partial charge in [0.25, 0.3) is 5.91 Å². The summed E-state index contributed by atoms with van der Waals surface area (Å²) in [6, 6.07) is 18.9. The zero-order valence-corrected chi connectivity index (χ0v) is 17.2. The minimum atomic E-state index is -0.984. The third kappa shape index (κ3) is 5.66. The fourth-order valence-electron chi connectivity index (χ4n) is 3.01. The molecule has 0 saturated carbocycles. The second-order valence-corrected chi connectivity index (χ2v) is 7.35. The van der Waals surface area contributed by atoms with Gasteiger partial charge in [0, 0.05) is 17.1 Å². The van der Waals surface area contributed by atoms with E-state index in [9.17, 15) is 18.4 Å². The minimum Gasteiger partial charge on any atom is -0.356 e. The molecule has 3 aromatic carbocycles. The van der Waals surface area contributed by atoms with Crippen LogP contribution in [0.4, 0.5) is 25.8 Å². The normalized spacial score (nSPS) is 11.6. The van der Waals surface area contributed by atoms with Gasteiger partial charge in [-0.1, -0.05) is 38.1 Å². The van der Waals surface area contributed by atoms with Crippen LogP contribution < -0.4 is 16.0 Å². The van der Waals surface area contributed by atoms with Gasteiger partial charge in [-0.2, -0.15) is 0 Å². The summed E-state index contributed by atoms with van der Waals surface area (Å²) in [6.45, 7) is 3.46. The topological polar surface area (TPSA) is 70.2 Å². The molecule has 0 aromatic heterocycles. The summed E-state index contributed by atoms with van der Waals surface area (Å²) < 4.78 is 27.8. The van der Waals surface area contributed by atoms with Gasteiger partial charge >= 0.3 is 0 Å². The van der Waals surface area contributed by atoms with E-state index in [-0.39, 0.29) is 5.92 Å². The molecule has 5 nitrogen and oxygen atoms in total. The number of nitrogens with one attached hydrogen (secondary N) is 3. The molecule has 0 aliphatic carbocycles. The van der Waals surface area contributed by atoms with Crippen LogP contribution in [0, 0.1) is 17.6 Å². The Hall–Kier alpha value is -3.74. The van der Waals surface area contributed by atoms with E-state index in [1.807, 2.05) is 30.3 Å². The van der Waals surface area contributed by atoms with E-state index in [1.165, 1.54) is 6.07 Å². The summed E-state index contributed by atoms with van der Waals surface area (Å²) in [5.74, 6) is -3.74. The maximum absolute atomic E-state index is 13.9. The van der Waals surface area contributed by atoms with Gasteiger partial charge in [0.1, 0.15) is 23.2 Å². The molecule has 0 aliphatic rings. The molecule has 0 heterocycles. The Kier molecular flexibility index (Phi) is 6.97. The number of anilines is 3. The molecule has 0 saturated heterocycles. The molecular weight excluding hydrogens is 400 g/mol. The highest BCUT2D eigenvalue weighted by Crippen LogP contribution is 2.19. The van der Waals surface area contributed by atoms with Gasteiger partial charge in [-0.25, -0.2) is 8.78 Å². The van der Waals surface area contributed by atoms with Crippen molar-refractivity contribution >= 4 is 28.9 Å². The van der Waals surface area contributed by atoms with Crippen LogP contribution in [0.15, 0.2) is 72.8 Å².